The topological polar surface area (TPSA) is 52.7 Å². The normalized spacial score (nSPS) is 14.8. The van der Waals surface area contributed by atoms with Gasteiger partial charge >= 0.3 is 0 Å². The van der Waals surface area contributed by atoms with Crippen LogP contribution in [0.25, 0.3) is 0 Å². The minimum Gasteiger partial charge on any atom is -0.353 e. The van der Waals surface area contributed by atoms with Gasteiger partial charge in [0.15, 0.2) is 0 Å². The molecule has 7 heteroatoms. The number of nitrogens with one attached hydrogen (secondary N) is 1. The number of nitrogens with zero attached hydrogens (tertiary/aromatic N) is 2. The SMILES string of the molecule is CN(C)[C@@H](CNC(=O)CN1C(=O)CSc2ccccc21)c1cccc(F)c1. The summed E-state index contributed by atoms with van der Waals surface area (Å²) in [6.45, 7) is 0.299. The van der Waals surface area contributed by atoms with Crippen LogP contribution < -0.4 is 10.2 Å². The molecule has 2 aromatic rings. The van der Waals surface area contributed by atoms with E-state index in [9.17, 15) is 14.0 Å². The maximum absolute atomic E-state index is 13.5. The van der Waals surface area contributed by atoms with Crippen molar-refractivity contribution >= 4 is 29.3 Å². The first-order valence-electron chi connectivity index (χ1n) is 8.66. The van der Waals surface area contributed by atoms with Gasteiger partial charge in [0.25, 0.3) is 0 Å². The highest BCUT2D eigenvalue weighted by molar-refractivity contribution is 8.00. The van der Waals surface area contributed by atoms with Crippen molar-refractivity contribution in [1.29, 1.82) is 0 Å². The van der Waals surface area contributed by atoms with Gasteiger partial charge in [0.1, 0.15) is 12.4 Å². The van der Waals surface area contributed by atoms with E-state index >= 15 is 0 Å². The Balaban J connectivity index is 1.66. The molecule has 5 nitrogen and oxygen atoms in total. The Morgan fingerprint density at radius 3 is 2.78 bits per heavy atom. The predicted octanol–water partition coefficient (Wildman–Crippen LogP) is 2.68. The number of carbonyl (C=O) groups excluding carboxylic acids is 2. The van der Waals surface area contributed by atoms with E-state index in [-0.39, 0.29) is 30.2 Å². The molecular formula is C20H22FN3O2S. The van der Waals surface area contributed by atoms with E-state index in [1.54, 1.807) is 6.07 Å². The molecule has 0 saturated heterocycles. The second-order valence-corrected chi connectivity index (χ2v) is 7.59. The molecule has 0 radical (unpaired) electrons. The Morgan fingerprint density at radius 2 is 2.04 bits per heavy atom. The summed E-state index contributed by atoms with van der Waals surface area (Å²) < 4.78 is 13.5. The number of thioether (sulfide) groups is 1. The monoisotopic (exact) mass is 387 g/mol. The maximum atomic E-state index is 13.5. The summed E-state index contributed by atoms with van der Waals surface area (Å²) in [7, 11) is 3.76. The fourth-order valence-electron chi connectivity index (χ4n) is 3.05. The van der Waals surface area contributed by atoms with Crippen molar-refractivity contribution in [2.45, 2.75) is 10.9 Å². The Morgan fingerprint density at radius 1 is 1.26 bits per heavy atom. The number of likely N-dealkylation sites (N-methyl/N-ethyl adjacent to an activating group) is 1. The largest absolute Gasteiger partial charge is 0.353 e. The lowest BCUT2D eigenvalue weighted by Crippen LogP contribution is -2.45. The van der Waals surface area contributed by atoms with Crippen LogP contribution in [0.15, 0.2) is 53.4 Å². The van der Waals surface area contributed by atoms with Gasteiger partial charge in [-0.3, -0.25) is 9.59 Å². The summed E-state index contributed by atoms with van der Waals surface area (Å²) in [6, 6.07) is 13.8. The number of fused-ring (bicyclic) bond motifs is 1. The van der Waals surface area contributed by atoms with Crippen molar-refractivity contribution in [2.75, 3.05) is 37.8 Å². The number of para-hydroxylation sites is 1. The summed E-state index contributed by atoms with van der Waals surface area (Å²) in [5.41, 5.74) is 1.55. The van der Waals surface area contributed by atoms with Crippen molar-refractivity contribution in [2.24, 2.45) is 0 Å². The van der Waals surface area contributed by atoms with Gasteiger partial charge < -0.3 is 15.1 Å². The van der Waals surface area contributed by atoms with Crippen molar-refractivity contribution < 1.29 is 14.0 Å². The van der Waals surface area contributed by atoms with Crippen molar-refractivity contribution in [1.82, 2.24) is 10.2 Å². The number of hydrogen-bond donors (Lipinski definition) is 1. The maximum Gasteiger partial charge on any atom is 0.240 e. The third kappa shape index (κ3) is 4.67. The minimum absolute atomic E-state index is 0.0281. The zero-order chi connectivity index (χ0) is 19.4. The van der Waals surface area contributed by atoms with Gasteiger partial charge in [0, 0.05) is 11.4 Å². The van der Waals surface area contributed by atoms with Gasteiger partial charge in [0.05, 0.1) is 17.5 Å². The summed E-state index contributed by atoms with van der Waals surface area (Å²) in [4.78, 5) is 29.2. The molecule has 27 heavy (non-hydrogen) atoms. The fourth-order valence-corrected chi connectivity index (χ4v) is 3.99. The Bertz CT molecular complexity index is 843. The van der Waals surface area contributed by atoms with Crippen molar-refractivity contribution in [3.8, 4) is 0 Å². The summed E-state index contributed by atoms with van der Waals surface area (Å²) in [6.07, 6.45) is 0. The zero-order valence-electron chi connectivity index (χ0n) is 15.3. The Hall–Kier alpha value is -2.38. The number of rotatable bonds is 6. The number of carbonyl (C=O) groups is 2. The zero-order valence-corrected chi connectivity index (χ0v) is 16.1. The third-order valence-electron chi connectivity index (χ3n) is 4.46. The highest BCUT2D eigenvalue weighted by Crippen LogP contribution is 2.34. The van der Waals surface area contributed by atoms with E-state index in [1.165, 1.54) is 28.8 Å². The van der Waals surface area contributed by atoms with Crippen LogP contribution in [0, 0.1) is 5.82 Å². The smallest absolute Gasteiger partial charge is 0.240 e. The molecule has 0 unspecified atom stereocenters. The van der Waals surface area contributed by atoms with Gasteiger partial charge in [-0.15, -0.1) is 11.8 Å². The number of amides is 2. The van der Waals surface area contributed by atoms with Crippen LogP contribution in [-0.2, 0) is 9.59 Å². The number of anilines is 1. The van der Waals surface area contributed by atoms with Crippen LogP contribution in [-0.4, -0.2) is 49.7 Å². The third-order valence-corrected chi connectivity index (χ3v) is 5.51. The van der Waals surface area contributed by atoms with Gasteiger partial charge in [-0.2, -0.15) is 0 Å². The van der Waals surface area contributed by atoms with Crippen LogP contribution in [0.3, 0.4) is 0 Å². The van der Waals surface area contributed by atoms with E-state index in [0.29, 0.717) is 12.3 Å². The van der Waals surface area contributed by atoms with Crippen LogP contribution in [0.4, 0.5) is 10.1 Å². The molecule has 0 bridgehead atoms. The molecule has 142 valence electrons. The number of hydrogen-bond acceptors (Lipinski definition) is 4. The predicted molar refractivity (Wildman–Crippen MR) is 105 cm³/mol. The second kappa shape index (κ2) is 8.54. The van der Waals surface area contributed by atoms with Crippen molar-refractivity contribution in [3.05, 3.63) is 59.9 Å². The van der Waals surface area contributed by atoms with E-state index in [0.717, 1.165) is 16.1 Å². The van der Waals surface area contributed by atoms with Crippen LogP contribution in [0.2, 0.25) is 0 Å². The van der Waals surface area contributed by atoms with E-state index < -0.39 is 0 Å². The van der Waals surface area contributed by atoms with E-state index in [2.05, 4.69) is 5.32 Å². The summed E-state index contributed by atoms with van der Waals surface area (Å²) >= 11 is 1.48. The Kier molecular flexibility index (Phi) is 6.13. The molecule has 0 saturated carbocycles. The quantitative estimate of drug-likeness (QED) is 0.828. The van der Waals surface area contributed by atoms with Gasteiger partial charge in [-0.1, -0.05) is 24.3 Å². The van der Waals surface area contributed by atoms with Gasteiger partial charge in [-0.05, 0) is 43.9 Å². The second-order valence-electron chi connectivity index (χ2n) is 6.57. The molecule has 1 aliphatic rings. The first kappa shape index (κ1) is 19.4. The van der Waals surface area contributed by atoms with Crippen LogP contribution >= 0.6 is 11.8 Å². The average Bonchev–Trinajstić information content (AvgIpc) is 2.64. The number of benzene rings is 2. The molecule has 0 aliphatic carbocycles. The Labute approximate surface area is 162 Å². The molecule has 2 aromatic carbocycles. The van der Waals surface area contributed by atoms with Crippen molar-refractivity contribution in [3.63, 3.8) is 0 Å². The summed E-state index contributed by atoms with van der Waals surface area (Å²) in [5.74, 6) is -0.302. The highest BCUT2D eigenvalue weighted by atomic mass is 32.2. The lowest BCUT2D eigenvalue weighted by Gasteiger charge is -2.29. The molecule has 1 N–H and O–H groups in total. The summed E-state index contributed by atoms with van der Waals surface area (Å²) in [5, 5.41) is 2.88. The fraction of sp³-hybridized carbons (Fsp3) is 0.300. The molecule has 2 amide bonds. The molecule has 1 atom stereocenters. The molecule has 3 rings (SSSR count). The first-order valence-corrected chi connectivity index (χ1v) is 9.65. The van der Waals surface area contributed by atoms with Crippen LogP contribution in [0.5, 0.6) is 0 Å². The molecule has 0 spiro atoms. The lowest BCUT2D eigenvalue weighted by molar-refractivity contribution is -0.123. The minimum atomic E-state index is -0.307. The van der Waals surface area contributed by atoms with Crippen LogP contribution in [0.1, 0.15) is 11.6 Å². The van der Waals surface area contributed by atoms with Gasteiger partial charge in [0.2, 0.25) is 11.8 Å². The molecular weight excluding hydrogens is 365 g/mol. The van der Waals surface area contributed by atoms with E-state index in [4.69, 9.17) is 0 Å². The molecule has 1 heterocycles. The van der Waals surface area contributed by atoms with E-state index in [1.807, 2.05) is 49.3 Å². The van der Waals surface area contributed by atoms with Gasteiger partial charge in [-0.25, -0.2) is 4.39 Å². The first-order chi connectivity index (χ1) is 13.0. The lowest BCUT2D eigenvalue weighted by atomic mass is 10.1. The molecule has 0 aromatic heterocycles. The average molecular weight is 387 g/mol. The highest BCUT2D eigenvalue weighted by Gasteiger charge is 2.26. The number of halogens is 1. The molecule has 0 fully saturated rings. The standard InChI is InChI=1S/C20H22FN3O2S/c1-23(2)17(14-6-5-7-15(21)10-14)11-22-19(25)12-24-16-8-3-4-9-18(16)27-13-20(24)26/h3-10,17H,11-13H2,1-2H3,(H,22,25)/t17-/m0/s1. The molecule has 1 aliphatic heterocycles.